The van der Waals surface area contributed by atoms with Crippen LogP contribution in [0.5, 0.6) is 0 Å². The van der Waals surface area contributed by atoms with E-state index in [4.69, 9.17) is 11.6 Å². The van der Waals surface area contributed by atoms with Crippen molar-refractivity contribution >= 4 is 29.1 Å². The number of hydrogen-bond acceptors (Lipinski definition) is 5. The molecule has 8 nitrogen and oxygen atoms in total. The van der Waals surface area contributed by atoms with Crippen LogP contribution in [-0.2, 0) is 4.79 Å². The highest BCUT2D eigenvalue weighted by molar-refractivity contribution is 6.36. The van der Waals surface area contributed by atoms with Crippen molar-refractivity contribution in [3.8, 4) is 0 Å². The number of nitrogens with one attached hydrogen (secondary N) is 2. The molecule has 2 amide bonds. The molecule has 3 heterocycles. The number of amides is 2. The fraction of sp³-hybridized carbons (Fsp3) is 0.500. The molecule has 2 N–H and O–H groups in total. The van der Waals surface area contributed by atoms with Crippen LogP contribution < -0.4 is 10.6 Å². The number of nitrogens with zero attached hydrogens (tertiary/aromatic N) is 4. The topological polar surface area (TPSA) is 91.6 Å². The van der Waals surface area contributed by atoms with Crippen LogP contribution in [0.3, 0.4) is 0 Å². The lowest BCUT2D eigenvalue weighted by Gasteiger charge is -2.17. The van der Waals surface area contributed by atoms with E-state index < -0.39 is 0 Å². The van der Waals surface area contributed by atoms with Crippen molar-refractivity contribution in [2.45, 2.75) is 32.4 Å². The number of rotatable bonds is 4. The molecule has 0 bridgehead atoms. The second kappa shape index (κ2) is 6.97. The standard InChI is InChI=1S/C16H21ClN6O2/c1-4-18-15(24)11-5-10(8-22(11)3)20-16(25)13-12(17)14-19-6-9(2)7-23(14)21-13/h6-7,10-11H,4-5,8H2,1-3H3,(H,18,24)(H,20,25). The summed E-state index contributed by atoms with van der Waals surface area (Å²) >= 11 is 6.26. The Kier molecular flexibility index (Phi) is 4.91. The summed E-state index contributed by atoms with van der Waals surface area (Å²) in [4.78, 5) is 30.8. The molecule has 2 unspecified atom stereocenters. The molecule has 1 saturated heterocycles. The normalized spacial score (nSPS) is 20.8. The Balaban J connectivity index is 1.73. The van der Waals surface area contributed by atoms with Crippen molar-refractivity contribution < 1.29 is 9.59 Å². The van der Waals surface area contributed by atoms with Crippen molar-refractivity contribution in [2.75, 3.05) is 20.1 Å². The third kappa shape index (κ3) is 3.45. The van der Waals surface area contributed by atoms with E-state index in [0.29, 0.717) is 25.2 Å². The molecule has 1 aliphatic rings. The van der Waals surface area contributed by atoms with Gasteiger partial charge in [0, 0.05) is 31.5 Å². The van der Waals surface area contributed by atoms with Crippen LogP contribution in [-0.4, -0.2) is 63.5 Å². The lowest BCUT2D eigenvalue weighted by atomic mass is 10.1. The minimum atomic E-state index is -0.358. The predicted octanol–water partition coefficient (Wildman–Crippen LogP) is 0.630. The first-order chi connectivity index (χ1) is 11.9. The maximum Gasteiger partial charge on any atom is 0.273 e. The molecule has 0 spiro atoms. The predicted molar refractivity (Wildman–Crippen MR) is 93.7 cm³/mol. The molecule has 9 heteroatoms. The minimum Gasteiger partial charge on any atom is -0.355 e. The van der Waals surface area contributed by atoms with E-state index in [0.717, 1.165) is 5.56 Å². The molecular weight excluding hydrogens is 344 g/mol. The Labute approximate surface area is 150 Å². The average molecular weight is 365 g/mol. The first kappa shape index (κ1) is 17.6. The molecule has 25 heavy (non-hydrogen) atoms. The molecule has 1 aliphatic heterocycles. The summed E-state index contributed by atoms with van der Waals surface area (Å²) in [6.07, 6.45) is 3.99. The van der Waals surface area contributed by atoms with E-state index in [1.54, 1.807) is 12.4 Å². The molecule has 3 rings (SSSR count). The number of aromatic nitrogens is 3. The second-order valence-electron chi connectivity index (χ2n) is 6.32. The van der Waals surface area contributed by atoms with E-state index in [1.807, 2.05) is 25.8 Å². The molecule has 0 aromatic carbocycles. The number of carbonyl (C=O) groups excluding carboxylic acids is 2. The summed E-state index contributed by atoms with van der Waals surface area (Å²) < 4.78 is 1.50. The molecule has 0 saturated carbocycles. The monoisotopic (exact) mass is 364 g/mol. The lowest BCUT2D eigenvalue weighted by molar-refractivity contribution is -0.124. The van der Waals surface area contributed by atoms with Gasteiger partial charge in [-0.3, -0.25) is 14.5 Å². The first-order valence-corrected chi connectivity index (χ1v) is 8.57. The molecule has 0 radical (unpaired) electrons. The number of halogens is 1. The fourth-order valence-corrected chi connectivity index (χ4v) is 3.36. The highest BCUT2D eigenvalue weighted by Crippen LogP contribution is 2.22. The van der Waals surface area contributed by atoms with Crippen LogP contribution in [0.25, 0.3) is 5.65 Å². The van der Waals surface area contributed by atoms with Crippen LogP contribution in [0, 0.1) is 6.92 Å². The van der Waals surface area contributed by atoms with Crippen molar-refractivity contribution in [1.82, 2.24) is 30.1 Å². The number of aryl methyl sites for hydroxylation is 1. The second-order valence-corrected chi connectivity index (χ2v) is 6.70. The van der Waals surface area contributed by atoms with Crippen molar-refractivity contribution in [2.24, 2.45) is 0 Å². The molecular formula is C16H21ClN6O2. The Morgan fingerprint density at radius 2 is 2.20 bits per heavy atom. The van der Waals surface area contributed by atoms with Crippen LogP contribution in [0.4, 0.5) is 0 Å². The van der Waals surface area contributed by atoms with E-state index in [-0.39, 0.29) is 34.6 Å². The van der Waals surface area contributed by atoms with E-state index in [2.05, 4.69) is 20.7 Å². The van der Waals surface area contributed by atoms with Crippen LogP contribution in [0.1, 0.15) is 29.4 Å². The van der Waals surface area contributed by atoms with Crippen molar-refractivity contribution in [3.63, 3.8) is 0 Å². The number of hydrogen-bond donors (Lipinski definition) is 2. The largest absolute Gasteiger partial charge is 0.355 e. The van der Waals surface area contributed by atoms with Gasteiger partial charge in [0.2, 0.25) is 5.91 Å². The van der Waals surface area contributed by atoms with Gasteiger partial charge in [0.25, 0.3) is 5.91 Å². The smallest absolute Gasteiger partial charge is 0.273 e. The van der Waals surface area contributed by atoms with Gasteiger partial charge in [-0.15, -0.1) is 0 Å². The minimum absolute atomic E-state index is 0.0211. The lowest BCUT2D eigenvalue weighted by Crippen LogP contribution is -2.41. The first-order valence-electron chi connectivity index (χ1n) is 8.20. The van der Waals surface area contributed by atoms with Gasteiger partial charge in [-0.2, -0.15) is 5.10 Å². The average Bonchev–Trinajstić information content (AvgIpc) is 3.07. The quantitative estimate of drug-likeness (QED) is 0.830. The summed E-state index contributed by atoms with van der Waals surface area (Å²) in [6.45, 7) is 4.95. The third-order valence-electron chi connectivity index (χ3n) is 4.30. The summed E-state index contributed by atoms with van der Waals surface area (Å²) in [5.41, 5.74) is 1.51. The van der Waals surface area contributed by atoms with Crippen molar-refractivity contribution in [1.29, 1.82) is 0 Å². The Morgan fingerprint density at radius 3 is 2.92 bits per heavy atom. The summed E-state index contributed by atoms with van der Waals surface area (Å²) in [6, 6.07) is -0.383. The number of likely N-dealkylation sites (N-methyl/N-ethyl adjacent to an activating group) is 2. The van der Waals surface area contributed by atoms with Crippen LogP contribution >= 0.6 is 11.6 Å². The molecule has 134 valence electrons. The van der Waals surface area contributed by atoms with E-state index in [1.165, 1.54) is 4.52 Å². The highest BCUT2D eigenvalue weighted by atomic mass is 35.5. The molecule has 2 aromatic rings. The SMILES string of the molecule is CCNC(=O)C1CC(NC(=O)c2nn3cc(C)cnc3c2Cl)CN1C. The van der Waals surface area contributed by atoms with Gasteiger partial charge >= 0.3 is 0 Å². The van der Waals surface area contributed by atoms with Crippen LogP contribution in [0.2, 0.25) is 5.02 Å². The Bertz CT molecular complexity index is 820. The molecule has 2 atom stereocenters. The Morgan fingerprint density at radius 1 is 1.44 bits per heavy atom. The van der Waals surface area contributed by atoms with Gasteiger partial charge in [-0.25, -0.2) is 9.50 Å². The summed E-state index contributed by atoms with van der Waals surface area (Å²) in [5.74, 6) is -0.379. The maximum absolute atomic E-state index is 12.6. The summed E-state index contributed by atoms with van der Waals surface area (Å²) in [5, 5.41) is 10.2. The van der Waals surface area contributed by atoms with Crippen molar-refractivity contribution in [3.05, 3.63) is 28.7 Å². The van der Waals surface area contributed by atoms with Gasteiger partial charge in [0.15, 0.2) is 11.3 Å². The maximum atomic E-state index is 12.6. The number of likely N-dealkylation sites (tertiary alicyclic amines) is 1. The number of fused-ring (bicyclic) bond motifs is 1. The Hall–Kier alpha value is -2.19. The van der Waals surface area contributed by atoms with Gasteiger partial charge in [0.05, 0.1) is 6.04 Å². The van der Waals surface area contributed by atoms with Gasteiger partial charge in [-0.1, -0.05) is 11.6 Å². The van der Waals surface area contributed by atoms with Gasteiger partial charge in [0.1, 0.15) is 5.02 Å². The summed E-state index contributed by atoms with van der Waals surface area (Å²) in [7, 11) is 1.87. The van der Waals surface area contributed by atoms with Crippen LogP contribution in [0.15, 0.2) is 12.4 Å². The van der Waals surface area contributed by atoms with E-state index in [9.17, 15) is 9.59 Å². The number of carbonyl (C=O) groups is 2. The third-order valence-corrected chi connectivity index (χ3v) is 4.65. The molecule has 2 aromatic heterocycles. The zero-order valence-electron chi connectivity index (χ0n) is 14.4. The van der Waals surface area contributed by atoms with E-state index >= 15 is 0 Å². The van der Waals surface area contributed by atoms with Gasteiger partial charge in [-0.05, 0) is 32.9 Å². The zero-order valence-corrected chi connectivity index (χ0v) is 15.2. The van der Waals surface area contributed by atoms with Gasteiger partial charge < -0.3 is 10.6 Å². The fourth-order valence-electron chi connectivity index (χ4n) is 3.10. The molecule has 0 aliphatic carbocycles. The highest BCUT2D eigenvalue weighted by Gasteiger charge is 2.35. The molecule has 1 fully saturated rings. The zero-order chi connectivity index (χ0) is 18.1.